The summed E-state index contributed by atoms with van der Waals surface area (Å²) in [5.41, 5.74) is 5.48. The van der Waals surface area contributed by atoms with Gasteiger partial charge >= 0.3 is 0 Å². The van der Waals surface area contributed by atoms with Crippen LogP contribution in [0, 0.1) is 6.92 Å². The van der Waals surface area contributed by atoms with Crippen molar-refractivity contribution < 1.29 is 28.9 Å². The molecule has 28 heavy (non-hydrogen) atoms. The Kier molecular flexibility index (Phi) is 5.03. The van der Waals surface area contributed by atoms with E-state index in [-0.39, 0.29) is 30.1 Å². The fraction of sp³-hybridized carbons (Fsp3) is 0.130. The summed E-state index contributed by atoms with van der Waals surface area (Å²) < 4.78 is 0. The molecular formula is C23H21IN4. The smallest absolute Gasteiger partial charge is 0.277 e. The number of benzene rings is 3. The summed E-state index contributed by atoms with van der Waals surface area (Å²) in [6.07, 6.45) is 0.153. The Morgan fingerprint density at radius 2 is 1.39 bits per heavy atom. The molecule has 4 aromatic rings. The van der Waals surface area contributed by atoms with Crippen molar-refractivity contribution in [2.24, 2.45) is 0 Å². The van der Waals surface area contributed by atoms with Crippen LogP contribution in [0.25, 0.3) is 11.0 Å². The summed E-state index contributed by atoms with van der Waals surface area (Å²) in [6, 6.07) is 27.1. The minimum Gasteiger partial charge on any atom is -1.00 e. The van der Waals surface area contributed by atoms with E-state index in [0.29, 0.717) is 0 Å². The van der Waals surface area contributed by atoms with Crippen molar-refractivity contribution in [3.05, 3.63) is 84.4 Å². The van der Waals surface area contributed by atoms with E-state index in [9.17, 15) is 0 Å². The van der Waals surface area contributed by atoms with E-state index in [4.69, 9.17) is 9.97 Å². The first kappa shape index (κ1) is 18.8. The number of quaternary nitrogens is 1. The maximum Gasteiger partial charge on any atom is 0.277 e. The average Bonchev–Trinajstić information content (AvgIpc) is 2.98. The van der Waals surface area contributed by atoms with E-state index in [1.807, 2.05) is 24.3 Å². The first-order valence-corrected chi connectivity index (χ1v) is 9.28. The van der Waals surface area contributed by atoms with Gasteiger partial charge in [0.15, 0.2) is 6.17 Å². The molecule has 3 aromatic carbocycles. The molecule has 5 heteroatoms. The van der Waals surface area contributed by atoms with Gasteiger partial charge in [-0.3, -0.25) is 4.90 Å². The van der Waals surface area contributed by atoms with Gasteiger partial charge in [-0.05, 0) is 42.8 Å². The van der Waals surface area contributed by atoms with Crippen LogP contribution < -0.4 is 33.8 Å². The van der Waals surface area contributed by atoms with Crippen molar-refractivity contribution in [3.63, 3.8) is 0 Å². The lowest BCUT2D eigenvalue weighted by Gasteiger charge is -2.25. The Labute approximate surface area is 181 Å². The average molecular weight is 480 g/mol. The molecule has 0 saturated heterocycles. The quantitative estimate of drug-likeness (QED) is 0.440. The second kappa shape index (κ2) is 7.48. The van der Waals surface area contributed by atoms with Gasteiger partial charge in [0, 0.05) is 6.92 Å². The van der Waals surface area contributed by atoms with Crippen LogP contribution in [0.5, 0.6) is 0 Å². The van der Waals surface area contributed by atoms with Crippen molar-refractivity contribution in [2.75, 3.05) is 4.90 Å². The molecule has 1 aromatic heterocycles. The van der Waals surface area contributed by atoms with Crippen LogP contribution in [0.3, 0.4) is 0 Å². The van der Waals surface area contributed by atoms with Crippen molar-refractivity contribution >= 4 is 34.0 Å². The molecule has 1 aliphatic rings. The van der Waals surface area contributed by atoms with Gasteiger partial charge in [-0.25, -0.2) is 9.88 Å². The van der Waals surface area contributed by atoms with Gasteiger partial charge in [-0.1, -0.05) is 48.5 Å². The number of halogens is 1. The summed E-state index contributed by atoms with van der Waals surface area (Å²) in [5.74, 6) is 1.92. The first-order valence-electron chi connectivity index (χ1n) is 9.28. The van der Waals surface area contributed by atoms with Gasteiger partial charge in [-0.15, -0.1) is 0 Å². The van der Waals surface area contributed by atoms with Gasteiger partial charge in [0.2, 0.25) is 5.82 Å². The van der Waals surface area contributed by atoms with E-state index in [2.05, 4.69) is 73.3 Å². The SMILES string of the molecule is Cc1ccccc1N1c2nc3ccccc3nc2[NH+](c2ccccc2)[C@@H]1C.[I-]. The Hall–Kier alpha value is -2.51. The van der Waals surface area contributed by atoms with Crippen LogP contribution in [0.4, 0.5) is 23.0 Å². The number of nitrogens with zero attached hydrogens (tertiary/aromatic N) is 3. The zero-order valence-corrected chi connectivity index (χ0v) is 18.0. The molecule has 1 N–H and O–H groups in total. The van der Waals surface area contributed by atoms with Crippen molar-refractivity contribution in [3.8, 4) is 0 Å². The van der Waals surface area contributed by atoms with E-state index >= 15 is 0 Å². The lowest BCUT2D eigenvalue weighted by atomic mass is 10.2. The minimum absolute atomic E-state index is 0. The number of hydrogen-bond acceptors (Lipinski definition) is 3. The summed E-state index contributed by atoms with van der Waals surface area (Å²) in [7, 11) is 0. The van der Waals surface area contributed by atoms with Crippen molar-refractivity contribution in [1.29, 1.82) is 0 Å². The van der Waals surface area contributed by atoms with Gasteiger partial charge < -0.3 is 24.0 Å². The highest BCUT2D eigenvalue weighted by molar-refractivity contribution is 5.82. The number of anilines is 2. The summed E-state index contributed by atoms with van der Waals surface area (Å²) in [5, 5.41) is 0. The second-order valence-electron chi connectivity index (χ2n) is 7.00. The monoisotopic (exact) mass is 480 g/mol. The fourth-order valence-corrected chi connectivity index (χ4v) is 4.00. The first-order chi connectivity index (χ1) is 13.2. The molecule has 1 aliphatic heterocycles. The number of aryl methyl sites for hydroxylation is 1. The van der Waals surface area contributed by atoms with Gasteiger partial charge in [0.1, 0.15) is 5.69 Å². The number of para-hydroxylation sites is 4. The number of hydrogen-bond donors (Lipinski definition) is 1. The molecular weight excluding hydrogens is 459 g/mol. The summed E-state index contributed by atoms with van der Waals surface area (Å²) in [4.78, 5) is 13.6. The lowest BCUT2D eigenvalue weighted by molar-refractivity contribution is -0.782. The van der Waals surface area contributed by atoms with Gasteiger partial charge in [0.25, 0.3) is 5.82 Å². The van der Waals surface area contributed by atoms with Crippen molar-refractivity contribution in [2.45, 2.75) is 20.0 Å². The van der Waals surface area contributed by atoms with Crippen LogP contribution in [0.1, 0.15) is 12.5 Å². The lowest BCUT2D eigenvalue weighted by Crippen LogP contribution is -3.06. The Morgan fingerprint density at radius 1 is 0.786 bits per heavy atom. The Bertz CT molecular complexity index is 1130. The summed E-state index contributed by atoms with van der Waals surface area (Å²) in [6.45, 7) is 4.39. The predicted octanol–water partition coefficient (Wildman–Crippen LogP) is 1.29. The largest absolute Gasteiger partial charge is 1.00 e. The van der Waals surface area contributed by atoms with Crippen LogP contribution in [-0.2, 0) is 0 Å². The van der Waals surface area contributed by atoms with Crippen LogP contribution in [-0.4, -0.2) is 16.1 Å². The molecule has 140 valence electrons. The maximum atomic E-state index is 5.03. The number of aromatic nitrogens is 2. The molecule has 1 unspecified atom stereocenters. The molecule has 0 bridgehead atoms. The van der Waals surface area contributed by atoms with Gasteiger partial charge in [0.05, 0.1) is 16.7 Å². The van der Waals surface area contributed by atoms with Crippen LogP contribution in [0.15, 0.2) is 78.9 Å². The molecule has 2 heterocycles. The van der Waals surface area contributed by atoms with Crippen LogP contribution in [0.2, 0.25) is 0 Å². The van der Waals surface area contributed by atoms with E-state index in [1.165, 1.54) is 21.8 Å². The van der Waals surface area contributed by atoms with E-state index < -0.39 is 0 Å². The minimum atomic E-state index is 0. The predicted molar refractivity (Wildman–Crippen MR) is 109 cm³/mol. The third-order valence-corrected chi connectivity index (χ3v) is 5.30. The van der Waals surface area contributed by atoms with E-state index in [1.54, 1.807) is 0 Å². The molecule has 0 aliphatic carbocycles. The zero-order chi connectivity index (χ0) is 18.4. The molecule has 0 radical (unpaired) electrons. The third-order valence-electron chi connectivity index (χ3n) is 5.30. The number of nitrogens with one attached hydrogen (secondary N) is 1. The fourth-order valence-electron chi connectivity index (χ4n) is 4.00. The highest BCUT2D eigenvalue weighted by Gasteiger charge is 2.43. The van der Waals surface area contributed by atoms with Crippen LogP contribution >= 0.6 is 0 Å². The second-order valence-corrected chi connectivity index (χ2v) is 7.00. The molecule has 2 atom stereocenters. The number of fused-ring (bicyclic) bond motifs is 2. The highest BCUT2D eigenvalue weighted by atomic mass is 127. The highest BCUT2D eigenvalue weighted by Crippen LogP contribution is 2.37. The maximum absolute atomic E-state index is 5.03. The van der Waals surface area contributed by atoms with Crippen molar-refractivity contribution in [1.82, 2.24) is 9.97 Å². The topological polar surface area (TPSA) is 33.5 Å². The molecule has 0 saturated carbocycles. The Balaban J connectivity index is 0.00000192. The molecule has 0 spiro atoms. The summed E-state index contributed by atoms with van der Waals surface area (Å²) >= 11 is 0. The molecule has 0 amide bonds. The molecule has 5 rings (SSSR count). The number of rotatable bonds is 2. The molecule has 0 fully saturated rings. The zero-order valence-electron chi connectivity index (χ0n) is 15.8. The standard InChI is InChI=1S/C23H20N4.HI/c1-16-10-6-9-15-21(16)27-17(2)26(18-11-4-3-5-12-18)22-23(27)25-20-14-8-7-13-19(20)24-22;/h3-15,17H,1-2H3;1H/t17-;/m0./s1. The molecule has 4 nitrogen and oxygen atoms in total. The normalized spacial score (nSPS) is 18.0. The van der Waals surface area contributed by atoms with E-state index in [0.717, 1.165) is 22.7 Å². The third kappa shape index (κ3) is 2.95. The van der Waals surface area contributed by atoms with Gasteiger partial charge in [-0.2, -0.15) is 4.98 Å². The Morgan fingerprint density at radius 3 is 2.11 bits per heavy atom.